The van der Waals surface area contributed by atoms with Gasteiger partial charge in [-0.3, -0.25) is 4.79 Å². The largest absolute Gasteiger partial charge is 0.506 e. The third-order valence-electron chi connectivity index (χ3n) is 2.62. The van der Waals surface area contributed by atoms with Crippen molar-refractivity contribution in [2.45, 2.75) is 0 Å². The van der Waals surface area contributed by atoms with Crippen molar-refractivity contribution in [3.05, 3.63) is 54.1 Å². The predicted octanol–water partition coefficient (Wildman–Crippen LogP) is 3.78. The Morgan fingerprint density at radius 1 is 1.35 bits per heavy atom. The van der Waals surface area contributed by atoms with Crippen LogP contribution in [0.15, 0.2) is 41.5 Å². The second-order valence-corrected chi connectivity index (χ2v) is 7.21. The van der Waals surface area contributed by atoms with Gasteiger partial charge in [-0.15, -0.1) is 0 Å². The molecule has 8 heteroatoms. The zero-order valence-electron chi connectivity index (χ0n) is 11.6. The van der Waals surface area contributed by atoms with Gasteiger partial charge in [0.2, 0.25) is 0 Å². The van der Waals surface area contributed by atoms with E-state index in [2.05, 4.69) is 33.1 Å². The first-order valence-corrected chi connectivity index (χ1v) is 8.87. The standard InChI is InChI=1S/C15H11ClI2N2O3/c16-10-2-1-3-12(5-10)23-8-14(21)20-19-7-9-4-11(17)6-13(18)15(9)22/h1-7,22H,8H2,(H,20,21). The number of ether oxygens (including phenoxy) is 1. The summed E-state index contributed by atoms with van der Waals surface area (Å²) in [5.41, 5.74) is 2.86. The lowest BCUT2D eigenvalue weighted by Crippen LogP contribution is -2.24. The number of halogens is 3. The Labute approximate surface area is 165 Å². The molecule has 0 radical (unpaired) electrons. The maximum atomic E-state index is 11.7. The number of nitrogens with zero attached hydrogens (tertiary/aromatic N) is 1. The molecular weight excluding hydrogens is 545 g/mol. The highest BCUT2D eigenvalue weighted by Gasteiger charge is 2.06. The van der Waals surface area contributed by atoms with Crippen LogP contribution >= 0.6 is 56.8 Å². The first-order chi connectivity index (χ1) is 11.0. The number of benzene rings is 2. The van der Waals surface area contributed by atoms with E-state index >= 15 is 0 Å². The molecule has 0 aliphatic carbocycles. The Hall–Kier alpha value is -1.07. The van der Waals surface area contributed by atoms with Gasteiger partial charge >= 0.3 is 0 Å². The summed E-state index contributed by atoms with van der Waals surface area (Å²) in [6.45, 7) is -0.187. The number of rotatable bonds is 5. The number of carbonyl (C=O) groups is 1. The van der Waals surface area contributed by atoms with Crippen LogP contribution in [0.1, 0.15) is 5.56 Å². The number of aromatic hydroxyl groups is 1. The molecule has 0 saturated heterocycles. The van der Waals surface area contributed by atoms with E-state index in [1.165, 1.54) is 6.21 Å². The molecule has 2 aromatic rings. The first kappa shape index (κ1) is 18.3. The molecule has 0 atom stereocenters. The second-order valence-electron chi connectivity index (χ2n) is 4.36. The monoisotopic (exact) mass is 556 g/mol. The van der Waals surface area contributed by atoms with Gasteiger partial charge in [-0.05, 0) is 75.5 Å². The minimum absolute atomic E-state index is 0.124. The Bertz CT molecular complexity index is 753. The van der Waals surface area contributed by atoms with Crippen molar-refractivity contribution in [3.63, 3.8) is 0 Å². The maximum Gasteiger partial charge on any atom is 0.277 e. The average Bonchev–Trinajstić information content (AvgIpc) is 2.50. The lowest BCUT2D eigenvalue weighted by atomic mass is 10.2. The van der Waals surface area contributed by atoms with Crippen LogP contribution in [0.4, 0.5) is 0 Å². The Balaban J connectivity index is 1.89. The van der Waals surface area contributed by atoms with E-state index in [0.29, 0.717) is 19.9 Å². The van der Waals surface area contributed by atoms with Gasteiger partial charge in [0.25, 0.3) is 5.91 Å². The topological polar surface area (TPSA) is 70.9 Å². The Morgan fingerprint density at radius 3 is 2.87 bits per heavy atom. The molecule has 120 valence electrons. The van der Waals surface area contributed by atoms with Crippen molar-refractivity contribution in [3.8, 4) is 11.5 Å². The summed E-state index contributed by atoms with van der Waals surface area (Å²) in [6, 6.07) is 10.4. The highest BCUT2D eigenvalue weighted by atomic mass is 127. The van der Waals surface area contributed by atoms with Crippen LogP contribution < -0.4 is 10.2 Å². The molecule has 0 heterocycles. The molecule has 2 aromatic carbocycles. The molecular formula is C15H11ClI2N2O3. The fourth-order valence-corrected chi connectivity index (χ4v) is 3.67. The number of hydrogen-bond acceptors (Lipinski definition) is 4. The summed E-state index contributed by atoms with van der Waals surface area (Å²) < 4.78 is 6.97. The van der Waals surface area contributed by atoms with Crippen molar-refractivity contribution < 1.29 is 14.6 Å². The molecule has 0 aliphatic rings. The first-order valence-electron chi connectivity index (χ1n) is 6.34. The second kappa shape index (κ2) is 8.69. The lowest BCUT2D eigenvalue weighted by molar-refractivity contribution is -0.123. The number of amides is 1. The van der Waals surface area contributed by atoms with Gasteiger partial charge in [0.15, 0.2) is 6.61 Å². The number of hydrazone groups is 1. The van der Waals surface area contributed by atoms with Crippen LogP contribution in [0.3, 0.4) is 0 Å². The van der Waals surface area contributed by atoms with Crippen LogP contribution in [0.5, 0.6) is 11.5 Å². The van der Waals surface area contributed by atoms with Crippen molar-refractivity contribution in [2.24, 2.45) is 5.10 Å². The molecule has 23 heavy (non-hydrogen) atoms. The van der Waals surface area contributed by atoms with E-state index in [9.17, 15) is 9.90 Å². The SMILES string of the molecule is O=C(COc1cccc(Cl)c1)NN=Cc1cc(I)cc(I)c1O. The Morgan fingerprint density at radius 2 is 2.13 bits per heavy atom. The number of carbonyl (C=O) groups excluding carboxylic acids is 1. The summed E-state index contributed by atoms with van der Waals surface area (Å²) in [5.74, 6) is 0.210. The fraction of sp³-hybridized carbons (Fsp3) is 0.0667. The quantitative estimate of drug-likeness (QED) is 0.335. The smallest absolute Gasteiger partial charge is 0.277 e. The summed E-state index contributed by atoms with van der Waals surface area (Å²) >= 11 is 9.99. The molecule has 0 saturated carbocycles. The molecule has 0 aliphatic heterocycles. The minimum atomic E-state index is -0.416. The van der Waals surface area contributed by atoms with Crippen LogP contribution in [0, 0.1) is 7.14 Å². The van der Waals surface area contributed by atoms with E-state index in [0.717, 1.165) is 3.57 Å². The summed E-state index contributed by atoms with van der Waals surface area (Å²) in [5, 5.41) is 14.3. The predicted molar refractivity (Wildman–Crippen MR) is 106 cm³/mol. The molecule has 2 rings (SSSR count). The van der Waals surface area contributed by atoms with E-state index in [4.69, 9.17) is 16.3 Å². The molecule has 1 amide bonds. The zero-order valence-corrected chi connectivity index (χ0v) is 16.7. The molecule has 2 N–H and O–H groups in total. The van der Waals surface area contributed by atoms with Crippen LogP contribution in [0.2, 0.25) is 5.02 Å². The lowest BCUT2D eigenvalue weighted by Gasteiger charge is -2.05. The van der Waals surface area contributed by atoms with E-state index in [1.807, 2.05) is 28.7 Å². The van der Waals surface area contributed by atoms with Gasteiger partial charge in [-0.1, -0.05) is 17.7 Å². The summed E-state index contributed by atoms with van der Waals surface area (Å²) in [4.78, 5) is 11.7. The Kier molecular flexibility index (Phi) is 6.90. The van der Waals surface area contributed by atoms with Crippen molar-refractivity contribution in [1.29, 1.82) is 0 Å². The van der Waals surface area contributed by atoms with Crippen LogP contribution in [-0.4, -0.2) is 23.8 Å². The average molecular weight is 557 g/mol. The maximum absolute atomic E-state index is 11.7. The van der Waals surface area contributed by atoms with Gasteiger partial charge in [-0.25, -0.2) is 5.43 Å². The van der Waals surface area contributed by atoms with Crippen molar-refractivity contribution in [1.82, 2.24) is 5.43 Å². The minimum Gasteiger partial charge on any atom is -0.506 e. The molecule has 0 unspecified atom stereocenters. The van der Waals surface area contributed by atoms with Crippen LogP contribution in [-0.2, 0) is 4.79 Å². The number of hydrogen-bond donors (Lipinski definition) is 2. The normalized spacial score (nSPS) is 10.7. The number of nitrogens with one attached hydrogen (secondary N) is 1. The van der Waals surface area contributed by atoms with Crippen LogP contribution in [0.25, 0.3) is 0 Å². The molecule has 5 nitrogen and oxygen atoms in total. The number of phenols is 1. The van der Waals surface area contributed by atoms with Crippen molar-refractivity contribution >= 4 is 68.9 Å². The zero-order chi connectivity index (χ0) is 16.8. The van der Waals surface area contributed by atoms with Gasteiger partial charge < -0.3 is 9.84 Å². The van der Waals surface area contributed by atoms with E-state index in [1.54, 1.807) is 30.3 Å². The highest BCUT2D eigenvalue weighted by molar-refractivity contribution is 14.1. The van der Waals surface area contributed by atoms with E-state index < -0.39 is 5.91 Å². The third kappa shape index (κ3) is 5.81. The third-order valence-corrected chi connectivity index (χ3v) is 4.30. The summed E-state index contributed by atoms with van der Waals surface area (Å²) in [7, 11) is 0. The molecule has 0 bridgehead atoms. The molecule has 0 spiro atoms. The van der Waals surface area contributed by atoms with Crippen molar-refractivity contribution in [2.75, 3.05) is 6.61 Å². The van der Waals surface area contributed by atoms with Gasteiger partial charge in [0, 0.05) is 14.2 Å². The molecule has 0 aromatic heterocycles. The fourth-order valence-electron chi connectivity index (χ4n) is 1.60. The summed E-state index contributed by atoms with van der Waals surface area (Å²) in [6.07, 6.45) is 1.39. The van der Waals surface area contributed by atoms with Gasteiger partial charge in [0.05, 0.1) is 9.78 Å². The highest BCUT2D eigenvalue weighted by Crippen LogP contribution is 2.25. The van der Waals surface area contributed by atoms with Gasteiger partial charge in [-0.2, -0.15) is 5.10 Å². The van der Waals surface area contributed by atoms with E-state index in [-0.39, 0.29) is 12.4 Å². The molecule has 0 fully saturated rings. The number of phenolic OH excluding ortho intramolecular Hbond substituents is 1. The van der Waals surface area contributed by atoms with Gasteiger partial charge in [0.1, 0.15) is 11.5 Å².